The van der Waals surface area contributed by atoms with E-state index in [0.29, 0.717) is 0 Å². The van der Waals surface area contributed by atoms with Crippen molar-refractivity contribution in [2.24, 2.45) is 0 Å². The highest BCUT2D eigenvalue weighted by Gasteiger charge is 2.62. The molecule has 0 aromatic carbocycles. The summed E-state index contributed by atoms with van der Waals surface area (Å²) >= 11 is 0. The maximum Gasteiger partial charge on any atom is 0.217 e. The number of nitrogens with one attached hydrogen (secondary N) is 5. The number of carbonyl (C=O) groups is 5. The maximum atomic E-state index is 13.3. The van der Waals surface area contributed by atoms with Crippen LogP contribution >= 0.6 is 0 Å². The summed E-state index contributed by atoms with van der Waals surface area (Å²) in [5.74, 6) is -4.53. The van der Waals surface area contributed by atoms with E-state index in [9.17, 15) is 157 Å². The molecule has 10 saturated heterocycles. The standard InChI is InChI=1S/C70H117N5O50/c1-16-36(87)48(99)52(103)66(110-16)108-15-30-57(122-67-53(104)49(100)39(90)24(9-78)114-67)47(98)35(75-21(6)86)65(119-30)125-60-50(101)40(91)25(10-79)115-70(60)123-58-42(93)29(117-68(54(58)105)121-56-27(12-81)116-64(34(46(56)97)74-20(5)85)120-55-26(11-80)111-61(106)31(45(55)96)71-17(2)82)14-109-69-59(124-63-33(73-19(4)84)44(95)38(89)23(8-77)113-63)51(102)41(92)28(118-69)13-107-62-32(72-18(3)83)43(94)37(88)22(7-76)112-62/h16,22-70,76-81,87-106H,7-15H2,1-6H3,(H,71,82)(H,72,83)(H,73,84)(H,74,85)(H,75,86)/t16-,22+,23+,24+,25+,26+,27+,28+,29+,30+,31+,32+,33+,34+,35-,36+,37+,38+,39-,40+,41+,42+,43+,44+,45+,46+,47+,48+,49-,50-,51-,52-,53+,54-,55+,56+,57+,58-,59-,60-,61?,62+,63-,64-,65-,66+,67-,68-,69-,70+/m0/s1. The largest absolute Gasteiger partial charge is 0.394 e. The molecule has 55 heteroatoms. The lowest BCUT2D eigenvalue weighted by atomic mass is 9.93. The molecule has 10 aliphatic rings. The third-order valence-corrected chi connectivity index (χ3v) is 22.8. The average Bonchev–Trinajstić information content (AvgIpc) is 0.766. The molecule has 31 N–H and O–H groups in total. The number of carbonyl (C=O) groups excluding carboxylic acids is 5. The second kappa shape index (κ2) is 44.9. The zero-order chi connectivity index (χ0) is 92.1. The van der Waals surface area contributed by atoms with Gasteiger partial charge in [-0.25, -0.2) is 0 Å². The molecule has 0 radical (unpaired) electrons. The Labute approximate surface area is 708 Å². The molecule has 10 aliphatic heterocycles. The van der Waals surface area contributed by atoms with Crippen LogP contribution in [0.1, 0.15) is 41.5 Å². The second-order valence-electron chi connectivity index (χ2n) is 31.8. The van der Waals surface area contributed by atoms with Crippen molar-refractivity contribution in [3.63, 3.8) is 0 Å². The van der Waals surface area contributed by atoms with Gasteiger partial charge in [-0.3, -0.25) is 24.0 Å². The van der Waals surface area contributed by atoms with E-state index in [1.807, 2.05) is 0 Å². The van der Waals surface area contributed by atoms with Crippen LogP contribution in [0.25, 0.3) is 0 Å². The zero-order valence-corrected chi connectivity index (χ0v) is 67.7. The molecule has 0 bridgehead atoms. The summed E-state index contributed by atoms with van der Waals surface area (Å²) in [6.45, 7) is -3.79. The number of ether oxygens (including phenoxy) is 19. The Morgan fingerprint density at radius 3 is 0.984 bits per heavy atom. The number of hydrogen-bond acceptors (Lipinski definition) is 50. The molecular formula is C70H117N5O50. The molecule has 722 valence electrons. The Bertz CT molecular complexity index is 3420. The van der Waals surface area contributed by atoms with Gasteiger partial charge in [0.05, 0.1) is 65.6 Å². The lowest BCUT2D eigenvalue weighted by molar-refractivity contribution is -0.400. The van der Waals surface area contributed by atoms with Gasteiger partial charge in [-0.15, -0.1) is 0 Å². The quantitative estimate of drug-likeness (QED) is 0.0297. The van der Waals surface area contributed by atoms with Crippen LogP contribution in [0.4, 0.5) is 0 Å². The molecule has 0 aromatic heterocycles. The fourth-order valence-electron chi connectivity index (χ4n) is 16.1. The van der Waals surface area contributed by atoms with Gasteiger partial charge in [-0.2, -0.15) is 0 Å². The molecule has 0 aliphatic carbocycles. The van der Waals surface area contributed by atoms with Crippen LogP contribution in [0.5, 0.6) is 0 Å². The minimum atomic E-state index is -2.66. The van der Waals surface area contributed by atoms with Crippen molar-refractivity contribution in [2.75, 3.05) is 59.5 Å². The SMILES string of the molecule is CC(=O)N[C@@H]1[C@H](O[C@@H]2[C@@H](O[C@@H]3[C@H](O)[C@H](O[C@H]4[C@H](O)[C@@H](NC(C)=O)[C@H](O[C@H]5[C@H](O)[C@@H](NC(C)=O)C(O)O[C@@H]5CO)O[C@@H]4CO)O[C@H](CO[C@H]4O[C@H](CO[C@@H]5O[C@H](CO)[C@@H](O)[C@H](O)[C@H]5NC(C)=O)[C@@H](O)[C@H](O)[C@@H]4O[C@@H]4O[C@H](CO)[C@@H](O)[C@H](O)[C@H]4NC(C)=O)[C@H]3O)O[C@H](CO)[C@@H](O)[C@@H]2O)O[C@H](CO[C@@H]2O[C@@H](C)[C@@H](O)[C@@H](O)[C@@H]2O)[C@@H](O[C@@H]2O[C@H](CO)[C@H](O)[C@H](O)[C@H]2O)[C@@H]1O. The van der Waals surface area contributed by atoms with Gasteiger partial charge in [-0.05, 0) is 6.92 Å². The van der Waals surface area contributed by atoms with Crippen molar-refractivity contribution in [3.8, 4) is 0 Å². The maximum absolute atomic E-state index is 13.3. The van der Waals surface area contributed by atoms with Gasteiger partial charge in [0.15, 0.2) is 62.9 Å². The number of amides is 5. The first-order chi connectivity index (χ1) is 59.0. The molecule has 5 amide bonds. The predicted molar refractivity (Wildman–Crippen MR) is 386 cm³/mol. The third kappa shape index (κ3) is 23.3. The van der Waals surface area contributed by atoms with Gasteiger partial charge in [0.1, 0.15) is 238 Å². The molecular weight excluding hydrogens is 1710 g/mol. The van der Waals surface area contributed by atoms with Crippen molar-refractivity contribution in [3.05, 3.63) is 0 Å². The Balaban J connectivity index is 1.03. The number of aliphatic hydroxyl groups is 26. The Hall–Kier alpha value is -4.45. The van der Waals surface area contributed by atoms with Crippen LogP contribution < -0.4 is 26.6 Å². The van der Waals surface area contributed by atoms with Crippen molar-refractivity contribution in [1.82, 2.24) is 26.6 Å². The molecule has 10 rings (SSSR count). The first-order valence-corrected chi connectivity index (χ1v) is 40.0. The number of hydrogen-bond donors (Lipinski definition) is 31. The van der Waals surface area contributed by atoms with Gasteiger partial charge in [0.2, 0.25) is 29.5 Å². The molecule has 55 nitrogen and oxygen atoms in total. The van der Waals surface area contributed by atoms with Gasteiger partial charge in [0, 0.05) is 34.6 Å². The van der Waals surface area contributed by atoms with Crippen molar-refractivity contribution in [1.29, 1.82) is 0 Å². The van der Waals surface area contributed by atoms with Crippen molar-refractivity contribution >= 4 is 29.5 Å². The van der Waals surface area contributed by atoms with E-state index in [4.69, 9.17) is 90.0 Å². The summed E-state index contributed by atoms with van der Waals surface area (Å²) in [6, 6.07) is -9.23. The summed E-state index contributed by atoms with van der Waals surface area (Å²) in [5.41, 5.74) is 0. The minimum Gasteiger partial charge on any atom is -0.394 e. The fraction of sp³-hybridized carbons (Fsp3) is 0.929. The topological polar surface area (TPSA) is 847 Å². The predicted octanol–water partition coefficient (Wildman–Crippen LogP) is -21.1. The first kappa shape index (κ1) is 103. The normalized spacial score (nSPS) is 48.7. The van der Waals surface area contributed by atoms with Crippen LogP contribution in [-0.2, 0) is 114 Å². The highest BCUT2D eigenvalue weighted by atomic mass is 16.8. The summed E-state index contributed by atoms with van der Waals surface area (Å²) in [7, 11) is 0. The molecule has 0 saturated carbocycles. The van der Waals surface area contributed by atoms with Gasteiger partial charge in [0.25, 0.3) is 0 Å². The molecule has 50 atom stereocenters. The third-order valence-electron chi connectivity index (χ3n) is 22.8. The Kier molecular flexibility index (Phi) is 36.8. The lowest BCUT2D eigenvalue weighted by Gasteiger charge is -2.51. The van der Waals surface area contributed by atoms with Crippen LogP contribution in [0.15, 0.2) is 0 Å². The Morgan fingerprint density at radius 1 is 0.224 bits per heavy atom. The second-order valence-corrected chi connectivity index (χ2v) is 31.8. The van der Waals surface area contributed by atoms with E-state index in [1.165, 1.54) is 6.92 Å². The van der Waals surface area contributed by atoms with Crippen LogP contribution in [0, 0.1) is 0 Å². The zero-order valence-electron chi connectivity index (χ0n) is 67.7. The monoisotopic (exact) mass is 1830 g/mol. The van der Waals surface area contributed by atoms with E-state index in [-0.39, 0.29) is 0 Å². The number of aliphatic hydroxyl groups excluding tert-OH is 26. The minimum absolute atomic E-state index is 0.808. The summed E-state index contributed by atoms with van der Waals surface area (Å²) in [6.07, 6.45) is -94.6. The van der Waals surface area contributed by atoms with Crippen LogP contribution in [-0.4, -0.2) is 529 Å². The van der Waals surface area contributed by atoms with Gasteiger partial charge >= 0.3 is 0 Å². The van der Waals surface area contributed by atoms with E-state index >= 15 is 0 Å². The van der Waals surface area contributed by atoms with E-state index in [0.717, 1.165) is 34.6 Å². The van der Waals surface area contributed by atoms with Crippen molar-refractivity contribution in [2.45, 2.75) is 348 Å². The molecule has 10 fully saturated rings. The van der Waals surface area contributed by atoms with Gasteiger partial charge < -0.3 is 249 Å². The molecule has 125 heavy (non-hydrogen) atoms. The smallest absolute Gasteiger partial charge is 0.217 e. The molecule has 0 aromatic rings. The van der Waals surface area contributed by atoms with Crippen molar-refractivity contribution < 1.29 is 247 Å². The summed E-state index contributed by atoms with van der Waals surface area (Å²) in [4.78, 5) is 63.8. The van der Waals surface area contributed by atoms with E-state index in [1.54, 1.807) is 0 Å². The molecule has 10 heterocycles. The molecule has 0 spiro atoms. The summed E-state index contributed by atoms with van der Waals surface area (Å²) < 4.78 is 114. The fourth-order valence-corrected chi connectivity index (χ4v) is 16.1. The summed E-state index contributed by atoms with van der Waals surface area (Å²) in [5, 5.41) is 305. The highest BCUT2D eigenvalue weighted by molar-refractivity contribution is 5.75. The first-order valence-electron chi connectivity index (χ1n) is 40.0. The van der Waals surface area contributed by atoms with Crippen LogP contribution in [0.2, 0.25) is 0 Å². The van der Waals surface area contributed by atoms with Gasteiger partial charge in [-0.1, -0.05) is 0 Å². The highest BCUT2D eigenvalue weighted by Crippen LogP contribution is 2.41. The molecule has 1 unspecified atom stereocenters. The average molecular weight is 1830 g/mol. The van der Waals surface area contributed by atoms with Crippen LogP contribution in [0.3, 0.4) is 0 Å². The lowest BCUT2D eigenvalue weighted by Crippen LogP contribution is -2.71. The Morgan fingerprint density at radius 2 is 0.504 bits per heavy atom. The van der Waals surface area contributed by atoms with E-state index in [2.05, 4.69) is 26.6 Å². The number of rotatable bonds is 32. The van der Waals surface area contributed by atoms with E-state index < -0.39 is 396 Å².